The molecule has 0 saturated carbocycles. The highest BCUT2D eigenvalue weighted by Crippen LogP contribution is 2.22. The molecule has 0 aliphatic rings. The number of benzene rings is 2. The Morgan fingerprint density at radius 2 is 1.86 bits per heavy atom. The molecule has 0 radical (unpaired) electrons. The van der Waals surface area contributed by atoms with Gasteiger partial charge in [-0.1, -0.05) is 24.3 Å². The molecule has 0 fully saturated rings. The molecule has 0 bridgehead atoms. The lowest BCUT2D eigenvalue weighted by Gasteiger charge is -2.12. The Morgan fingerprint density at radius 3 is 2.48 bits per heavy atom. The van der Waals surface area contributed by atoms with Crippen molar-refractivity contribution in [3.8, 4) is 11.1 Å². The number of anilines is 1. The molecule has 0 aliphatic carbocycles. The molecular formula is C16H19N3O2. The van der Waals surface area contributed by atoms with Gasteiger partial charge in [0, 0.05) is 24.8 Å². The zero-order valence-electron chi connectivity index (χ0n) is 11.6. The molecule has 0 aliphatic heterocycles. The maximum Gasteiger partial charge on any atom is 0.335 e. The van der Waals surface area contributed by atoms with Crippen molar-refractivity contribution in [3.05, 3.63) is 54.1 Å². The van der Waals surface area contributed by atoms with Gasteiger partial charge in [0.2, 0.25) is 0 Å². The molecule has 0 saturated heterocycles. The van der Waals surface area contributed by atoms with Crippen LogP contribution in [0.2, 0.25) is 0 Å². The van der Waals surface area contributed by atoms with Crippen LogP contribution < -0.4 is 16.8 Å². The van der Waals surface area contributed by atoms with Crippen molar-refractivity contribution in [3.63, 3.8) is 0 Å². The van der Waals surface area contributed by atoms with E-state index in [1.807, 2.05) is 30.3 Å². The Kier molecular flexibility index (Phi) is 4.92. The van der Waals surface area contributed by atoms with Crippen molar-refractivity contribution >= 4 is 11.7 Å². The second kappa shape index (κ2) is 6.88. The van der Waals surface area contributed by atoms with Gasteiger partial charge in [0.15, 0.2) is 0 Å². The Labute approximate surface area is 123 Å². The van der Waals surface area contributed by atoms with Crippen LogP contribution in [0.4, 0.5) is 5.69 Å². The molecule has 0 spiro atoms. The normalized spacial score (nSPS) is 11.9. The summed E-state index contributed by atoms with van der Waals surface area (Å²) in [6.45, 7) is 1.05. The molecule has 110 valence electrons. The van der Waals surface area contributed by atoms with Crippen LogP contribution in [0.5, 0.6) is 0 Å². The Morgan fingerprint density at radius 1 is 1.14 bits per heavy atom. The molecule has 5 heteroatoms. The van der Waals surface area contributed by atoms with Gasteiger partial charge in [-0.25, -0.2) is 4.79 Å². The number of hydrogen-bond acceptors (Lipinski definition) is 4. The first-order valence-electron chi connectivity index (χ1n) is 6.73. The van der Waals surface area contributed by atoms with Crippen LogP contribution in [-0.4, -0.2) is 30.2 Å². The molecule has 2 aromatic carbocycles. The van der Waals surface area contributed by atoms with Crippen LogP contribution in [0.3, 0.4) is 0 Å². The topological polar surface area (TPSA) is 101 Å². The first-order chi connectivity index (χ1) is 10.1. The molecule has 0 amide bonds. The van der Waals surface area contributed by atoms with Gasteiger partial charge in [-0.2, -0.15) is 0 Å². The van der Waals surface area contributed by atoms with Gasteiger partial charge >= 0.3 is 5.97 Å². The van der Waals surface area contributed by atoms with Crippen LogP contribution in [0.15, 0.2) is 48.5 Å². The van der Waals surface area contributed by atoms with Crippen molar-refractivity contribution in [2.45, 2.75) is 6.04 Å². The number of carboxylic acid groups (broad SMARTS) is 1. The maximum absolute atomic E-state index is 11.0. The molecule has 0 aromatic heterocycles. The van der Waals surface area contributed by atoms with E-state index in [-0.39, 0.29) is 11.6 Å². The van der Waals surface area contributed by atoms with Gasteiger partial charge in [0.25, 0.3) is 0 Å². The number of nitrogens with one attached hydrogen (secondary N) is 1. The number of carboxylic acids is 1. The number of rotatable bonds is 6. The number of carbonyl (C=O) groups is 1. The van der Waals surface area contributed by atoms with Gasteiger partial charge in [-0.05, 0) is 35.4 Å². The van der Waals surface area contributed by atoms with Crippen LogP contribution in [0, 0.1) is 0 Å². The van der Waals surface area contributed by atoms with Gasteiger partial charge in [-0.15, -0.1) is 0 Å². The standard InChI is InChI=1S/C16H19N3O2/c17-9-14(18)10-19-15-6-4-11(5-7-15)12-2-1-3-13(8-12)16(20)21/h1-8,14,19H,9-10,17-18H2,(H,20,21). The van der Waals surface area contributed by atoms with Crippen LogP contribution in [-0.2, 0) is 0 Å². The highest BCUT2D eigenvalue weighted by molar-refractivity contribution is 5.89. The minimum atomic E-state index is -0.925. The second-order valence-corrected chi connectivity index (χ2v) is 4.84. The smallest absolute Gasteiger partial charge is 0.335 e. The maximum atomic E-state index is 11.0. The van der Waals surface area contributed by atoms with E-state index in [0.717, 1.165) is 16.8 Å². The average Bonchev–Trinajstić information content (AvgIpc) is 2.53. The van der Waals surface area contributed by atoms with E-state index < -0.39 is 5.97 Å². The third-order valence-corrected chi connectivity index (χ3v) is 3.20. The highest BCUT2D eigenvalue weighted by Gasteiger charge is 2.05. The number of hydrogen-bond donors (Lipinski definition) is 4. The summed E-state index contributed by atoms with van der Waals surface area (Å²) in [6, 6.07) is 14.6. The van der Waals surface area contributed by atoms with Crippen molar-refractivity contribution in [2.24, 2.45) is 11.5 Å². The van der Waals surface area contributed by atoms with E-state index in [2.05, 4.69) is 5.32 Å². The summed E-state index contributed by atoms with van der Waals surface area (Å²) in [7, 11) is 0. The molecule has 0 heterocycles. The van der Waals surface area contributed by atoms with Crippen molar-refractivity contribution < 1.29 is 9.90 Å². The fourth-order valence-corrected chi connectivity index (χ4v) is 1.94. The lowest BCUT2D eigenvalue weighted by molar-refractivity contribution is 0.0697. The predicted octanol–water partition coefficient (Wildman–Crippen LogP) is 1.75. The minimum absolute atomic E-state index is 0.0723. The molecule has 2 aromatic rings. The third-order valence-electron chi connectivity index (χ3n) is 3.20. The Bertz CT molecular complexity index is 611. The van der Waals surface area contributed by atoms with E-state index in [0.29, 0.717) is 13.1 Å². The van der Waals surface area contributed by atoms with Gasteiger partial charge < -0.3 is 21.9 Å². The summed E-state index contributed by atoms with van der Waals surface area (Å²) >= 11 is 0. The number of aromatic carboxylic acids is 1. The lowest BCUT2D eigenvalue weighted by Crippen LogP contribution is -2.36. The summed E-state index contributed by atoms with van der Waals surface area (Å²) < 4.78 is 0. The van der Waals surface area contributed by atoms with E-state index >= 15 is 0 Å². The fourth-order valence-electron chi connectivity index (χ4n) is 1.94. The Balaban J connectivity index is 2.11. The molecule has 2 rings (SSSR count). The molecule has 6 N–H and O–H groups in total. The molecule has 21 heavy (non-hydrogen) atoms. The van der Waals surface area contributed by atoms with E-state index in [1.54, 1.807) is 18.2 Å². The van der Waals surface area contributed by atoms with Crippen molar-refractivity contribution in [1.29, 1.82) is 0 Å². The quantitative estimate of drug-likeness (QED) is 0.647. The van der Waals surface area contributed by atoms with Gasteiger partial charge in [0.1, 0.15) is 0 Å². The Hall–Kier alpha value is -2.37. The van der Waals surface area contributed by atoms with Crippen LogP contribution in [0.25, 0.3) is 11.1 Å². The fraction of sp³-hybridized carbons (Fsp3) is 0.188. The van der Waals surface area contributed by atoms with Gasteiger partial charge in [0.05, 0.1) is 5.56 Å². The van der Waals surface area contributed by atoms with E-state index in [1.165, 1.54) is 0 Å². The summed E-state index contributed by atoms with van der Waals surface area (Å²) in [4.78, 5) is 11.0. The SMILES string of the molecule is NCC(N)CNc1ccc(-c2cccc(C(=O)O)c2)cc1. The average molecular weight is 285 g/mol. The summed E-state index contributed by atoms with van der Waals surface area (Å²) in [5, 5.41) is 12.2. The largest absolute Gasteiger partial charge is 0.478 e. The monoisotopic (exact) mass is 285 g/mol. The van der Waals surface area contributed by atoms with E-state index in [9.17, 15) is 4.79 Å². The first-order valence-corrected chi connectivity index (χ1v) is 6.73. The third kappa shape index (κ3) is 4.05. The first kappa shape index (κ1) is 15.0. The molecule has 1 atom stereocenters. The summed E-state index contributed by atoms with van der Waals surface area (Å²) in [6.07, 6.45) is 0. The van der Waals surface area contributed by atoms with Crippen LogP contribution >= 0.6 is 0 Å². The van der Waals surface area contributed by atoms with Crippen molar-refractivity contribution in [1.82, 2.24) is 0 Å². The lowest BCUT2D eigenvalue weighted by atomic mass is 10.0. The zero-order chi connectivity index (χ0) is 15.2. The zero-order valence-corrected chi connectivity index (χ0v) is 11.6. The van der Waals surface area contributed by atoms with Crippen molar-refractivity contribution in [2.75, 3.05) is 18.4 Å². The van der Waals surface area contributed by atoms with Gasteiger partial charge in [-0.3, -0.25) is 0 Å². The summed E-state index contributed by atoms with van der Waals surface area (Å²) in [5.41, 5.74) is 14.3. The molecule has 5 nitrogen and oxygen atoms in total. The van der Waals surface area contributed by atoms with Crippen LogP contribution in [0.1, 0.15) is 10.4 Å². The highest BCUT2D eigenvalue weighted by atomic mass is 16.4. The second-order valence-electron chi connectivity index (χ2n) is 4.84. The number of nitrogens with two attached hydrogens (primary N) is 2. The predicted molar refractivity (Wildman–Crippen MR) is 84.4 cm³/mol. The minimum Gasteiger partial charge on any atom is -0.478 e. The molecule has 1 unspecified atom stereocenters. The summed E-state index contributed by atoms with van der Waals surface area (Å²) in [5.74, 6) is -0.925. The molecular weight excluding hydrogens is 266 g/mol. The van der Waals surface area contributed by atoms with E-state index in [4.69, 9.17) is 16.6 Å².